The van der Waals surface area contributed by atoms with Crippen molar-refractivity contribution in [1.82, 2.24) is 14.5 Å². The van der Waals surface area contributed by atoms with Crippen LogP contribution in [0.1, 0.15) is 18.4 Å². The minimum atomic E-state index is -0.592. The fourth-order valence-corrected chi connectivity index (χ4v) is 4.55. The summed E-state index contributed by atoms with van der Waals surface area (Å²) in [5.41, 5.74) is 1.91. The number of hydrogen-bond donors (Lipinski definition) is 1. The van der Waals surface area contributed by atoms with Gasteiger partial charge in [-0.05, 0) is 48.7 Å². The van der Waals surface area contributed by atoms with Crippen LogP contribution in [0.25, 0.3) is 11.2 Å². The Labute approximate surface area is 206 Å². The Morgan fingerprint density at radius 2 is 1.97 bits per heavy atom. The smallest absolute Gasteiger partial charge is 0.295 e. The summed E-state index contributed by atoms with van der Waals surface area (Å²) in [5, 5.41) is 2.91. The summed E-state index contributed by atoms with van der Waals surface area (Å²) < 4.78 is 15.8. The number of nitrogens with zero attached hydrogens (tertiary/aromatic N) is 4. The van der Waals surface area contributed by atoms with Gasteiger partial charge in [-0.2, -0.15) is 0 Å². The van der Waals surface area contributed by atoms with Crippen molar-refractivity contribution in [3.63, 3.8) is 0 Å². The van der Waals surface area contributed by atoms with E-state index >= 15 is 0 Å². The Morgan fingerprint density at radius 3 is 2.77 bits per heavy atom. The molecule has 0 saturated carbocycles. The van der Waals surface area contributed by atoms with Gasteiger partial charge in [0.25, 0.3) is 5.56 Å². The first-order valence-corrected chi connectivity index (χ1v) is 11.8. The fourth-order valence-electron chi connectivity index (χ4n) is 4.39. The number of anilines is 2. The summed E-state index contributed by atoms with van der Waals surface area (Å²) in [7, 11) is 0. The van der Waals surface area contributed by atoms with Crippen molar-refractivity contribution >= 4 is 40.2 Å². The molecule has 1 aliphatic heterocycles. The number of carbonyl (C=O) groups is 1. The number of carbonyl (C=O) groups excluding carboxylic acids is 1. The normalized spacial score (nSPS) is 15.8. The molecule has 178 valence electrons. The first-order chi connectivity index (χ1) is 17.0. The molecule has 1 N–H and O–H groups in total. The molecule has 9 heteroatoms. The van der Waals surface area contributed by atoms with Crippen molar-refractivity contribution in [2.24, 2.45) is 5.92 Å². The maximum Gasteiger partial charge on any atom is 0.295 e. The lowest BCUT2D eigenvalue weighted by atomic mass is 9.97. The van der Waals surface area contributed by atoms with Crippen LogP contribution >= 0.6 is 11.6 Å². The first-order valence-electron chi connectivity index (χ1n) is 11.4. The standard InChI is InChI=1S/C26H23ClFN5O2/c27-19-10-11-21(20(28)14-19)31-25(34)18-8-5-13-32(16-18)24-26(35)33(15-17-6-2-1-3-7-17)23-22(30-24)9-4-12-29-23/h1-4,6-7,9-12,14,18H,5,8,13,15-16H2,(H,31,34). The molecule has 0 aliphatic carbocycles. The van der Waals surface area contributed by atoms with Crippen LogP contribution < -0.4 is 15.8 Å². The highest BCUT2D eigenvalue weighted by Gasteiger charge is 2.29. The van der Waals surface area contributed by atoms with Gasteiger partial charge in [-0.3, -0.25) is 14.2 Å². The minimum absolute atomic E-state index is 0.0802. The highest BCUT2D eigenvalue weighted by atomic mass is 35.5. The van der Waals surface area contributed by atoms with Crippen LogP contribution in [-0.2, 0) is 11.3 Å². The van der Waals surface area contributed by atoms with Gasteiger partial charge in [-0.15, -0.1) is 0 Å². The van der Waals surface area contributed by atoms with E-state index in [4.69, 9.17) is 11.6 Å². The van der Waals surface area contributed by atoms with Gasteiger partial charge in [0.15, 0.2) is 11.5 Å². The zero-order valence-electron chi connectivity index (χ0n) is 18.8. The van der Waals surface area contributed by atoms with Gasteiger partial charge < -0.3 is 10.2 Å². The van der Waals surface area contributed by atoms with Gasteiger partial charge in [0.1, 0.15) is 11.3 Å². The summed E-state index contributed by atoms with van der Waals surface area (Å²) in [6.45, 7) is 1.26. The lowest BCUT2D eigenvalue weighted by Crippen LogP contribution is -2.44. The van der Waals surface area contributed by atoms with Gasteiger partial charge in [0, 0.05) is 24.3 Å². The van der Waals surface area contributed by atoms with E-state index in [2.05, 4.69) is 15.3 Å². The molecule has 1 amide bonds. The molecule has 2 aromatic carbocycles. The zero-order chi connectivity index (χ0) is 24.4. The van der Waals surface area contributed by atoms with E-state index in [1.165, 1.54) is 12.1 Å². The van der Waals surface area contributed by atoms with Crippen LogP contribution in [0.3, 0.4) is 0 Å². The van der Waals surface area contributed by atoms with Gasteiger partial charge in [0.05, 0.1) is 18.2 Å². The number of hydrogen-bond acceptors (Lipinski definition) is 5. The van der Waals surface area contributed by atoms with Crippen molar-refractivity contribution in [3.05, 3.63) is 93.6 Å². The monoisotopic (exact) mass is 491 g/mol. The summed E-state index contributed by atoms with van der Waals surface area (Å²) >= 11 is 5.81. The molecule has 1 atom stereocenters. The van der Waals surface area contributed by atoms with Crippen LogP contribution in [-0.4, -0.2) is 33.5 Å². The molecular formula is C26H23ClFN5O2. The number of aromatic nitrogens is 3. The second-order valence-corrected chi connectivity index (χ2v) is 8.99. The number of amides is 1. The van der Waals surface area contributed by atoms with Crippen molar-refractivity contribution < 1.29 is 9.18 Å². The van der Waals surface area contributed by atoms with E-state index < -0.39 is 11.7 Å². The number of fused-ring (bicyclic) bond motifs is 1. The van der Waals surface area contributed by atoms with E-state index in [0.717, 1.165) is 11.6 Å². The maximum absolute atomic E-state index is 14.2. The highest BCUT2D eigenvalue weighted by Crippen LogP contribution is 2.24. The largest absolute Gasteiger partial charge is 0.351 e. The first kappa shape index (κ1) is 23.0. The Morgan fingerprint density at radius 1 is 1.14 bits per heavy atom. The van der Waals surface area contributed by atoms with Crippen LogP contribution in [0.2, 0.25) is 5.02 Å². The Balaban J connectivity index is 1.44. The van der Waals surface area contributed by atoms with Crippen molar-refractivity contribution in [3.8, 4) is 0 Å². The van der Waals surface area contributed by atoms with E-state index in [1.54, 1.807) is 16.8 Å². The van der Waals surface area contributed by atoms with E-state index in [1.807, 2.05) is 41.3 Å². The molecule has 1 unspecified atom stereocenters. The van der Waals surface area contributed by atoms with Crippen LogP contribution in [0.15, 0.2) is 71.7 Å². The summed E-state index contributed by atoms with van der Waals surface area (Å²) in [6.07, 6.45) is 2.97. The fraction of sp³-hybridized carbons (Fsp3) is 0.231. The SMILES string of the molecule is O=C(Nc1ccc(Cl)cc1F)C1CCCN(c2nc3cccnc3n(Cc3ccccc3)c2=O)C1. The molecule has 0 bridgehead atoms. The average Bonchev–Trinajstić information content (AvgIpc) is 2.88. The third-order valence-electron chi connectivity index (χ3n) is 6.15. The van der Waals surface area contributed by atoms with Crippen molar-refractivity contribution in [2.75, 3.05) is 23.3 Å². The molecule has 2 aromatic heterocycles. The quantitative estimate of drug-likeness (QED) is 0.445. The number of rotatable bonds is 5. The number of benzene rings is 2. The van der Waals surface area contributed by atoms with E-state index in [9.17, 15) is 14.0 Å². The molecule has 0 spiro atoms. The van der Waals surface area contributed by atoms with E-state index in [-0.39, 0.29) is 28.0 Å². The molecule has 1 saturated heterocycles. The van der Waals surface area contributed by atoms with Crippen LogP contribution in [0.4, 0.5) is 15.9 Å². The second-order valence-electron chi connectivity index (χ2n) is 8.56. The van der Waals surface area contributed by atoms with E-state index in [0.29, 0.717) is 43.6 Å². The third kappa shape index (κ3) is 4.88. The Kier molecular flexibility index (Phi) is 6.46. The van der Waals surface area contributed by atoms with Crippen LogP contribution in [0.5, 0.6) is 0 Å². The topological polar surface area (TPSA) is 80.1 Å². The lowest BCUT2D eigenvalue weighted by Gasteiger charge is -2.32. The highest BCUT2D eigenvalue weighted by molar-refractivity contribution is 6.30. The molecule has 5 rings (SSSR count). The van der Waals surface area contributed by atoms with Crippen molar-refractivity contribution in [2.45, 2.75) is 19.4 Å². The molecule has 4 aromatic rings. The predicted molar refractivity (Wildman–Crippen MR) is 134 cm³/mol. The summed E-state index contributed by atoms with van der Waals surface area (Å²) in [6, 6.07) is 17.4. The van der Waals surface area contributed by atoms with Gasteiger partial charge >= 0.3 is 0 Å². The second kappa shape index (κ2) is 9.84. The van der Waals surface area contributed by atoms with Crippen molar-refractivity contribution in [1.29, 1.82) is 0 Å². The third-order valence-corrected chi connectivity index (χ3v) is 6.38. The number of pyridine rings is 1. The molecule has 0 radical (unpaired) electrons. The molecule has 7 nitrogen and oxygen atoms in total. The number of halogens is 2. The minimum Gasteiger partial charge on any atom is -0.351 e. The molecule has 1 fully saturated rings. The predicted octanol–water partition coefficient (Wildman–Crippen LogP) is 4.49. The average molecular weight is 492 g/mol. The lowest BCUT2D eigenvalue weighted by molar-refractivity contribution is -0.120. The summed E-state index contributed by atoms with van der Waals surface area (Å²) in [5.74, 6) is -1.03. The Hall–Kier alpha value is -3.78. The maximum atomic E-state index is 14.2. The Bertz CT molecular complexity index is 1440. The van der Waals surface area contributed by atoms with Crippen LogP contribution in [0, 0.1) is 11.7 Å². The molecule has 1 aliphatic rings. The van der Waals surface area contributed by atoms with Gasteiger partial charge in [0.2, 0.25) is 5.91 Å². The molecule has 3 heterocycles. The zero-order valence-corrected chi connectivity index (χ0v) is 19.6. The van der Waals surface area contributed by atoms with Gasteiger partial charge in [-0.1, -0.05) is 41.9 Å². The molecular weight excluding hydrogens is 469 g/mol. The number of nitrogens with one attached hydrogen (secondary N) is 1. The number of piperidine rings is 1. The van der Waals surface area contributed by atoms with Gasteiger partial charge in [-0.25, -0.2) is 14.4 Å². The summed E-state index contributed by atoms with van der Waals surface area (Å²) in [4.78, 5) is 37.4. The molecule has 35 heavy (non-hydrogen) atoms.